The van der Waals surface area contributed by atoms with Crippen LogP contribution in [0.1, 0.15) is 26.5 Å². The van der Waals surface area contributed by atoms with Crippen LogP contribution < -0.4 is 5.32 Å². The van der Waals surface area contributed by atoms with Crippen molar-refractivity contribution >= 4 is 37.5 Å². The van der Waals surface area contributed by atoms with Crippen molar-refractivity contribution in [2.24, 2.45) is 0 Å². The van der Waals surface area contributed by atoms with Crippen LogP contribution in [0.25, 0.3) is 10.2 Å². The summed E-state index contributed by atoms with van der Waals surface area (Å²) in [4.78, 5) is 14.6. The van der Waals surface area contributed by atoms with Crippen molar-refractivity contribution in [2.45, 2.75) is 24.9 Å². The second-order valence-electron chi connectivity index (χ2n) is 7.67. The Balaban J connectivity index is 1.47. The van der Waals surface area contributed by atoms with Crippen molar-refractivity contribution in [1.82, 2.24) is 19.4 Å². The summed E-state index contributed by atoms with van der Waals surface area (Å²) >= 11 is 1.42. The molecule has 0 unspecified atom stereocenters. The van der Waals surface area contributed by atoms with Crippen molar-refractivity contribution in [3.05, 3.63) is 82.4 Å². The van der Waals surface area contributed by atoms with E-state index in [2.05, 4.69) is 22.5 Å². The molecule has 0 saturated carbocycles. The van der Waals surface area contributed by atoms with Crippen LogP contribution in [0.3, 0.4) is 0 Å². The molecule has 0 atom stereocenters. The number of benzene rings is 2. The first-order valence-corrected chi connectivity index (χ1v) is 12.3. The zero-order chi connectivity index (χ0) is 22.9. The van der Waals surface area contributed by atoms with Gasteiger partial charge in [0.25, 0.3) is 5.91 Å². The Hall–Kier alpha value is -3.01. The molecule has 0 aliphatic rings. The van der Waals surface area contributed by atoms with Gasteiger partial charge in [-0.1, -0.05) is 42.5 Å². The number of aromatic nitrogens is 2. The summed E-state index contributed by atoms with van der Waals surface area (Å²) in [6.45, 7) is 2.90. The second-order valence-corrected chi connectivity index (χ2v) is 10.9. The van der Waals surface area contributed by atoms with Crippen molar-refractivity contribution in [3.8, 4) is 0 Å². The first-order chi connectivity index (χ1) is 15.3. The fourth-order valence-corrected chi connectivity index (χ4v) is 5.33. The number of aryl methyl sites for hydroxylation is 1. The first-order valence-electron chi connectivity index (χ1n) is 10.1. The maximum absolute atomic E-state index is 12.7. The van der Waals surface area contributed by atoms with E-state index in [4.69, 9.17) is 0 Å². The van der Waals surface area contributed by atoms with Gasteiger partial charge in [-0.05, 0) is 36.2 Å². The Bertz CT molecular complexity index is 1360. The standard InChI is InChI=1S/C23H24N4O3S2/c1-16-20-13-21(31-23(20)27(25-16)15-18-7-5-4-6-8-18)22(28)24-14-17-9-11-19(12-10-17)32(29,30)26(2)3/h4-13H,14-15H2,1-3H3,(H,24,28). The van der Waals surface area contributed by atoms with Gasteiger partial charge in [0.05, 0.1) is 22.0 Å². The minimum atomic E-state index is -3.47. The van der Waals surface area contributed by atoms with Gasteiger partial charge in [0.1, 0.15) is 4.83 Å². The third-order valence-corrected chi connectivity index (χ3v) is 8.14. The normalized spacial score (nSPS) is 11.9. The van der Waals surface area contributed by atoms with Crippen LogP contribution in [0.4, 0.5) is 0 Å². The molecule has 7 nitrogen and oxygen atoms in total. The average Bonchev–Trinajstić information content (AvgIpc) is 3.34. The van der Waals surface area contributed by atoms with Gasteiger partial charge in [-0.2, -0.15) is 5.10 Å². The van der Waals surface area contributed by atoms with Gasteiger partial charge in [0.15, 0.2) is 0 Å². The number of rotatable bonds is 7. The molecule has 0 aliphatic carbocycles. The average molecular weight is 469 g/mol. The molecule has 0 aliphatic heterocycles. The number of fused-ring (bicyclic) bond motifs is 1. The van der Waals surface area contributed by atoms with Crippen LogP contribution in [-0.4, -0.2) is 42.5 Å². The van der Waals surface area contributed by atoms with Gasteiger partial charge < -0.3 is 5.32 Å². The van der Waals surface area contributed by atoms with E-state index in [0.29, 0.717) is 18.0 Å². The van der Waals surface area contributed by atoms with E-state index in [-0.39, 0.29) is 10.8 Å². The van der Waals surface area contributed by atoms with Gasteiger partial charge in [-0.15, -0.1) is 11.3 Å². The fraction of sp³-hybridized carbons (Fsp3) is 0.217. The topological polar surface area (TPSA) is 84.3 Å². The minimum Gasteiger partial charge on any atom is -0.347 e. The molecule has 2 aromatic carbocycles. The maximum atomic E-state index is 12.7. The highest BCUT2D eigenvalue weighted by molar-refractivity contribution is 7.89. The van der Waals surface area contributed by atoms with E-state index in [1.165, 1.54) is 29.7 Å². The highest BCUT2D eigenvalue weighted by Crippen LogP contribution is 2.29. The molecule has 2 heterocycles. The van der Waals surface area contributed by atoms with E-state index >= 15 is 0 Å². The number of carbonyl (C=O) groups is 1. The van der Waals surface area contributed by atoms with E-state index in [0.717, 1.165) is 27.0 Å². The molecule has 4 aromatic rings. The minimum absolute atomic E-state index is 0.165. The number of amides is 1. The first kappa shape index (κ1) is 22.2. The SMILES string of the molecule is Cc1nn(Cc2ccccc2)c2sc(C(=O)NCc3ccc(S(=O)(=O)N(C)C)cc3)cc12. The molecule has 1 N–H and O–H groups in total. The van der Waals surface area contributed by atoms with Crippen LogP contribution in [0.15, 0.2) is 65.6 Å². The van der Waals surface area contributed by atoms with E-state index in [1.54, 1.807) is 24.3 Å². The zero-order valence-electron chi connectivity index (χ0n) is 18.1. The van der Waals surface area contributed by atoms with Crippen LogP contribution in [0.2, 0.25) is 0 Å². The molecule has 9 heteroatoms. The van der Waals surface area contributed by atoms with E-state index in [1.807, 2.05) is 35.9 Å². The summed E-state index contributed by atoms with van der Waals surface area (Å²) in [6, 6.07) is 18.5. The fourth-order valence-electron chi connectivity index (χ4n) is 3.35. The van der Waals surface area contributed by atoms with Gasteiger partial charge in [0, 0.05) is 26.0 Å². The van der Waals surface area contributed by atoms with Gasteiger partial charge in [-0.25, -0.2) is 12.7 Å². The molecular formula is C23H24N4O3S2. The summed E-state index contributed by atoms with van der Waals surface area (Å²) in [7, 11) is -0.477. The molecule has 0 fully saturated rings. The molecule has 0 radical (unpaired) electrons. The van der Waals surface area contributed by atoms with Crippen LogP contribution in [0, 0.1) is 6.92 Å². The predicted molar refractivity (Wildman–Crippen MR) is 126 cm³/mol. The van der Waals surface area contributed by atoms with Crippen molar-refractivity contribution in [3.63, 3.8) is 0 Å². The third-order valence-electron chi connectivity index (χ3n) is 5.16. The van der Waals surface area contributed by atoms with Crippen molar-refractivity contribution < 1.29 is 13.2 Å². The summed E-state index contributed by atoms with van der Waals surface area (Å²) < 4.78 is 27.5. The molecule has 0 saturated heterocycles. The van der Waals surface area contributed by atoms with E-state index < -0.39 is 10.0 Å². The Labute approximate surface area is 191 Å². The Morgan fingerprint density at radius 3 is 2.41 bits per heavy atom. The maximum Gasteiger partial charge on any atom is 0.261 e. The monoisotopic (exact) mass is 468 g/mol. The molecule has 0 spiro atoms. The molecule has 0 bridgehead atoms. The highest BCUT2D eigenvalue weighted by Gasteiger charge is 2.18. The number of hydrogen-bond donors (Lipinski definition) is 1. The smallest absolute Gasteiger partial charge is 0.261 e. The molecule has 4 rings (SSSR count). The van der Waals surface area contributed by atoms with Gasteiger partial charge in [-0.3, -0.25) is 9.48 Å². The lowest BCUT2D eigenvalue weighted by molar-refractivity contribution is 0.0955. The summed E-state index contributed by atoms with van der Waals surface area (Å²) in [6.07, 6.45) is 0. The largest absolute Gasteiger partial charge is 0.347 e. The van der Waals surface area contributed by atoms with Gasteiger partial charge >= 0.3 is 0 Å². The number of sulfonamides is 1. The van der Waals surface area contributed by atoms with Crippen molar-refractivity contribution in [2.75, 3.05) is 14.1 Å². The zero-order valence-corrected chi connectivity index (χ0v) is 19.7. The summed E-state index contributed by atoms with van der Waals surface area (Å²) in [5.41, 5.74) is 2.86. The lowest BCUT2D eigenvalue weighted by Crippen LogP contribution is -2.23. The Kier molecular flexibility index (Phi) is 6.14. The lowest BCUT2D eigenvalue weighted by atomic mass is 10.2. The molecule has 1 amide bonds. The number of thiophene rings is 1. The summed E-state index contributed by atoms with van der Waals surface area (Å²) in [5, 5.41) is 8.52. The molecule has 2 aromatic heterocycles. The number of nitrogens with zero attached hydrogens (tertiary/aromatic N) is 3. The predicted octanol–water partition coefficient (Wildman–Crippen LogP) is 3.63. The van der Waals surface area contributed by atoms with E-state index in [9.17, 15) is 13.2 Å². The lowest BCUT2D eigenvalue weighted by Gasteiger charge is -2.11. The highest BCUT2D eigenvalue weighted by atomic mass is 32.2. The summed E-state index contributed by atoms with van der Waals surface area (Å²) in [5.74, 6) is -0.165. The number of hydrogen-bond acceptors (Lipinski definition) is 5. The quantitative estimate of drug-likeness (QED) is 0.449. The third kappa shape index (κ3) is 4.45. The van der Waals surface area contributed by atoms with Crippen molar-refractivity contribution in [1.29, 1.82) is 0 Å². The Morgan fingerprint density at radius 1 is 1.06 bits per heavy atom. The molecular weight excluding hydrogens is 444 g/mol. The van der Waals surface area contributed by atoms with Crippen LogP contribution >= 0.6 is 11.3 Å². The number of nitrogens with one attached hydrogen (secondary N) is 1. The van der Waals surface area contributed by atoms with Crippen LogP contribution in [0.5, 0.6) is 0 Å². The van der Waals surface area contributed by atoms with Crippen LogP contribution in [-0.2, 0) is 23.1 Å². The molecule has 32 heavy (non-hydrogen) atoms. The Morgan fingerprint density at radius 2 is 1.75 bits per heavy atom. The van der Waals surface area contributed by atoms with Gasteiger partial charge in [0.2, 0.25) is 10.0 Å². The second kappa shape index (κ2) is 8.85. The number of carbonyl (C=O) groups excluding carboxylic acids is 1. The molecule has 166 valence electrons.